The molecular weight excluding hydrogens is 307 g/mol. The molecular formula is C15H17O6P. The summed E-state index contributed by atoms with van der Waals surface area (Å²) in [5.74, 6) is 1.80. The quantitative estimate of drug-likeness (QED) is 0.600. The SMILES string of the molecule is COCCOc1ccc(Oc2ccc(P(=O)(O)O)cc2)cc1. The Morgan fingerprint density at radius 2 is 1.36 bits per heavy atom. The van der Waals surface area contributed by atoms with E-state index < -0.39 is 7.60 Å². The van der Waals surface area contributed by atoms with Gasteiger partial charge >= 0.3 is 7.60 Å². The van der Waals surface area contributed by atoms with Crippen LogP contribution >= 0.6 is 7.60 Å². The van der Waals surface area contributed by atoms with Crippen molar-refractivity contribution in [2.45, 2.75) is 0 Å². The van der Waals surface area contributed by atoms with Gasteiger partial charge in [0.1, 0.15) is 23.9 Å². The van der Waals surface area contributed by atoms with Crippen molar-refractivity contribution in [1.82, 2.24) is 0 Å². The molecule has 0 aliphatic rings. The van der Waals surface area contributed by atoms with Crippen molar-refractivity contribution in [3.63, 3.8) is 0 Å². The highest BCUT2D eigenvalue weighted by Crippen LogP contribution is 2.34. The summed E-state index contributed by atoms with van der Waals surface area (Å²) in [4.78, 5) is 18.1. The maximum absolute atomic E-state index is 11.1. The normalized spacial score (nSPS) is 11.2. The molecule has 0 atom stereocenters. The average Bonchev–Trinajstić information content (AvgIpc) is 2.49. The van der Waals surface area contributed by atoms with Crippen LogP contribution < -0.4 is 14.8 Å². The molecule has 0 aromatic heterocycles. The molecule has 0 bridgehead atoms. The van der Waals surface area contributed by atoms with Crippen molar-refractivity contribution in [2.24, 2.45) is 0 Å². The third-order valence-electron chi connectivity index (χ3n) is 2.79. The Kier molecular flexibility index (Phi) is 5.57. The van der Waals surface area contributed by atoms with Crippen molar-refractivity contribution in [3.05, 3.63) is 48.5 Å². The minimum Gasteiger partial charge on any atom is -0.491 e. The highest BCUT2D eigenvalue weighted by molar-refractivity contribution is 7.60. The summed E-state index contributed by atoms with van der Waals surface area (Å²) in [5, 5.41) is -0.0401. The first-order valence-corrected chi connectivity index (χ1v) is 8.16. The monoisotopic (exact) mass is 324 g/mol. The molecule has 0 unspecified atom stereocenters. The van der Waals surface area contributed by atoms with E-state index >= 15 is 0 Å². The molecule has 6 nitrogen and oxygen atoms in total. The third kappa shape index (κ3) is 4.86. The molecule has 2 aromatic rings. The molecule has 0 amide bonds. The van der Waals surface area contributed by atoms with Gasteiger partial charge < -0.3 is 24.0 Å². The molecule has 22 heavy (non-hydrogen) atoms. The van der Waals surface area contributed by atoms with Gasteiger partial charge in [-0.15, -0.1) is 0 Å². The Labute approximate surface area is 128 Å². The summed E-state index contributed by atoms with van der Waals surface area (Å²) >= 11 is 0. The van der Waals surface area contributed by atoms with E-state index in [2.05, 4.69) is 0 Å². The standard InChI is InChI=1S/C15H17O6P/c1-19-10-11-20-12-2-4-13(5-3-12)21-14-6-8-15(9-7-14)22(16,17)18/h2-9H,10-11H2,1H3,(H2,16,17,18). The van der Waals surface area contributed by atoms with Gasteiger partial charge in [-0.2, -0.15) is 0 Å². The van der Waals surface area contributed by atoms with Crippen molar-refractivity contribution >= 4 is 12.9 Å². The fourth-order valence-corrected chi connectivity index (χ4v) is 2.23. The van der Waals surface area contributed by atoms with Crippen LogP contribution in [0.5, 0.6) is 17.2 Å². The molecule has 0 heterocycles. The predicted octanol–water partition coefficient (Wildman–Crippen LogP) is 2.31. The van der Waals surface area contributed by atoms with Crippen LogP contribution in [0.4, 0.5) is 0 Å². The largest absolute Gasteiger partial charge is 0.491 e. The topological polar surface area (TPSA) is 85.2 Å². The first-order chi connectivity index (χ1) is 10.5. The Bertz CT molecular complexity index is 632. The summed E-state index contributed by atoms with van der Waals surface area (Å²) in [6, 6.07) is 12.8. The van der Waals surface area contributed by atoms with Gasteiger partial charge in [-0.05, 0) is 48.5 Å². The first kappa shape index (κ1) is 16.5. The molecule has 0 saturated carbocycles. The molecule has 0 spiro atoms. The molecule has 2 aromatic carbocycles. The van der Waals surface area contributed by atoms with Crippen molar-refractivity contribution in [3.8, 4) is 17.2 Å². The van der Waals surface area contributed by atoms with Gasteiger partial charge in [-0.25, -0.2) is 0 Å². The summed E-state index contributed by atoms with van der Waals surface area (Å²) in [7, 11) is -2.61. The second-order valence-electron chi connectivity index (χ2n) is 4.45. The van der Waals surface area contributed by atoms with Crippen LogP contribution in [0.2, 0.25) is 0 Å². The second kappa shape index (κ2) is 7.42. The molecule has 0 radical (unpaired) electrons. The maximum atomic E-state index is 11.1. The van der Waals surface area contributed by atoms with Gasteiger partial charge in [0.05, 0.1) is 11.9 Å². The lowest BCUT2D eigenvalue weighted by atomic mass is 10.3. The lowest BCUT2D eigenvalue weighted by Gasteiger charge is -2.09. The Morgan fingerprint density at radius 3 is 1.86 bits per heavy atom. The number of hydrogen-bond acceptors (Lipinski definition) is 4. The number of ether oxygens (including phenoxy) is 3. The summed E-state index contributed by atoms with van der Waals surface area (Å²) in [6.45, 7) is 0.991. The van der Waals surface area contributed by atoms with E-state index in [1.165, 1.54) is 24.3 Å². The third-order valence-corrected chi connectivity index (χ3v) is 3.76. The van der Waals surface area contributed by atoms with Crippen LogP contribution in [0.3, 0.4) is 0 Å². The smallest absolute Gasteiger partial charge is 0.356 e. The van der Waals surface area contributed by atoms with Crippen LogP contribution in [-0.2, 0) is 9.30 Å². The van der Waals surface area contributed by atoms with Gasteiger partial charge in [0, 0.05) is 7.11 Å². The zero-order valence-electron chi connectivity index (χ0n) is 12.0. The van der Waals surface area contributed by atoms with Crippen LogP contribution in [0, 0.1) is 0 Å². The van der Waals surface area contributed by atoms with Crippen molar-refractivity contribution in [2.75, 3.05) is 20.3 Å². The van der Waals surface area contributed by atoms with E-state index in [1.54, 1.807) is 31.4 Å². The zero-order valence-corrected chi connectivity index (χ0v) is 12.9. The number of benzene rings is 2. The number of hydrogen-bond donors (Lipinski definition) is 2. The van der Waals surface area contributed by atoms with Gasteiger partial charge in [0.25, 0.3) is 0 Å². The lowest BCUT2D eigenvalue weighted by molar-refractivity contribution is 0.146. The first-order valence-electron chi connectivity index (χ1n) is 6.55. The molecule has 7 heteroatoms. The van der Waals surface area contributed by atoms with Crippen LogP contribution in [0.15, 0.2) is 48.5 Å². The zero-order chi connectivity index (χ0) is 16.0. The van der Waals surface area contributed by atoms with Crippen molar-refractivity contribution in [1.29, 1.82) is 0 Å². The van der Waals surface area contributed by atoms with E-state index in [1.807, 2.05) is 0 Å². The van der Waals surface area contributed by atoms with E-state index in [0.717, 1.165) is 0 Å². The van der Waals surface area contributed by atoms with Gasteiger partial charge in [-0.3, -0.25) is 4.57 Å². The maximum Gasteiger partial charge on any atom is 0.356 e. The Morgan fingerprint density at radius 1 is 0.864 bits per heavy atom. The Balaban J connectivity index is 1.97. The number of methoxy groups -OCH3 is 1. The van der Waals surface area contributed by atoms with Gasteiger partial charge in [0.2, 0.25) is 0 Å². The lowest BCUT2D eigenvalue weighted by Crippen LogP contribution is -2.04. The summed E-state index contributed by atoms with van der Waals surface area (Å²) < 4.78 is 27.0. The summed E-state index contributed by atoms with van der Waals surface area (Å²) in [6.07, 6.45) is 0. The second-order valence-corrected chi connectivity index (χ2v) is 6.06. The highest BCUT2D eigenvalue weighted by Gasteiger charge is 2.16. The van der Waals surface area contributed by atoms with Gasteiger partial charge in [0.15, 0.2) is 0 Å². The molecule has 0 aliphatic carbocycles. The minimum absolute atomic E-state index is 0.0401. The van der Waals surface area contributed by atoms with E-state index in [9.17, 15) is 4.57 Å². The number of rotatable bonds is 7. The van der Waals surface area contributed by atoms with E-state index in [-0.39, 0.29) is 5.30 Å². The predicted molar refractivity (Wildman–Crippen MR) is 82.0 cm³/mol. The van der Waals surface area contributed by atoms with Gasteiger partial charge in [-0.1, -0.05) is 0 Å². The Hall–Kier alpha value is -1.85. The van der Waals surface area contributed by atoms with Crippen LogP contribution in [0.25, 0.3) is 0 Å². The fourth-order valence-electron chi connectivity index (χ4n) is 1.69. The van der Waals surface area contributed by atoms with E-state index in [4.69, 9.17) is 24.0 Å². The molecule has 0 saturated heterocycles. The molecule has 0 fully saturated rings. The van der Waals surface area contributed by atoms with Crippen molar-refractivity contribution < 1.29 is 28.6 Å². The summed E-state index contributed by atoms with van der Waals surface area (Å²) in [5.41, 5.74) is 0. The fraction of sp³-hybridized carbons (Fsp3) is 0.200. The highest BCUT2D eigenvalue weighted by atomic mass is 31.2. The molecule has 0 aliphatic heterocycles. The average molecular weight is 324 g/mol. The molecule has 2 rings (SSSR count). The van der Waals surface area contributed by atoms with E-state index in [0.29, 0.717) is 30.5 Å². The van der Waals surface area contributed by atoms with Crippen LogP contribution in [0.1, 0.15) is 0 Å². The molecule has 2 N–H and O–H groups in total. The minimum atomic E-state index is -4.22. The van der Waals surface area contributed by atoms with Crippen LogP contribution in [-0.4, -0.2) is 30.1 Å². The molecule has 118 valence electrons.